The Labute approximate surface area is 704 Å². The zero-order valence-corrected chi connectivity index (χ0v) is 66.6. The Kier molecular flexibility index (Phi) is 26.7. The van der Waals surface area contributed by atoms with Gasteiger partial charge < -0.3 is 56.8 Å². The molecule has 0 heterocycles. The number of carbonyl (C=O) groups is 1. The summed E-state index contributed by atoms with van der Waals surface area (Å²) in [4.78, 5) is 15.5. The van der Waals surface area contributed by atoms with Crippen LogP contribution in [0.2, 0.25) is 0 Å². The number of nitrogens with one attached hydrogen (secondary N) is 1. The van der Waals surface area contributed by atoms with Crippen molar-refractivity contribution in [1.29, 1.82) is 0 Å². The average molecular weight is 1600 g/mol. The van der Waals surface area contributed by atoms with Crippen LogP contribution in [0.25, 0.3) is 21.5 Å². The van der Waals surface area contributed by atoms with E-state index in [9.17, 15) is 0 Å². The zero-order valence-electron chi connectivity index (χ0n) is 66.6. The summed E-state index contributed by atoms with van der Waals surface area (Å²) in [5.74, 6) is 3.34. The molecule has 0 aliphatic carbocycles. The summed E-state index contributed by atoms with van der Waals surface area (Å²) in [7, 11) is 0. The van der Waals surface area contributed by atoms with Gasteiger partial charge in [-0.3, -0.25) is 4.79 Å². The van der Waals surface area contributed by atoms with Gasteiger partial charge in [0.15, 0.2) is 46.0 Å². The number of amides is 1. The van der Waals surface area contributed by atoms with Crippen molar-refractivity contribution < 1.29 is 61.6 Å². The van der Waals surface area contributed by atoms with E-state index in [-0.39, 0.29) is 102 Å². The lowest BCUT2D eigenvalue weighted by Crippen LogP contribution is -2.18. The van der Waals surface area contributed by atoms with Crippen LogP contribution in [0, 0.1) is 0 Å². The predicted molar refractivity (Wildman–Crippen MR) is 472 cm³/mol. The molecule has 15 heteroatoms. The number of carbonyl (C=O) groups excluding carboxylic acids is 1. The highest BCUT2D eigenvalue weighted by Crippen LogP contribution is 2.47. The summed E-state index contributed by atoms with van der Waals surface area (Å²) in [5.41, 5.74) is 14.1. The molecule has 0 saturated heterocycles. The Balaban J connectivity index is 0.840. The van der Waals surface area contributed by atoms with Crippen LogP contribution in [-0.2, 0) is 79.3 Å². The Morgan fingerprint density at radius 2 is 0.405 bits per heavy atom. The number of benzene rings is 16. The Morgan fingerprint density at radius 1 is 0.215 bits per heavy atom. The van der Waals surface area contributed by atoms with Gasteiger partial charge in [-0.05, 0) is 143 Å². The molecule has 1 N–H and O–H groups in total. The van der Waals surface area contributed by atoms with Gasteiger partial charge in [-0.25, -0.2) is 5.43 Å². The molecule has 0 aliphatic rings. The van der Waals surface area contributed by atoms with Crippen molar-refractivity contribution in [2.45, 2.75) is 79.3 Å². The number of hydrogen-bond acceptors (Lipinski definition) is 14. The summed E-state index contributed by atoms with van der Waals surface area (Å²) in [6, 6.07) is 122. The van der Waals surface area contributed by atoms with E-state index in [1.54, 1.807) is 18.3 Å². The summed E-state index contributed by atoms with van der Waals surface area (Å²) >= 11 is 0. The number of nitrogens with zero attached hydrogens (tertiary/aromatic N) is 1. The molecule has 0 fully saturated rings. The average Bonchev–Trinajstić information content (AvgIpc) is 0.768. The highest BCUT2D eigenvalue weighted by molar-refractivity contribution is 6.13. The van der Waals surface area contributed by atoms with Crippen molar-refractivity contribution >= 4 is 33.7 Å². The lowest BCUT2D eigenvalue weighted by Gasteiger charge is -2.22. The van der Waals surface area contributed by atoms with Crippen molar-refractivity contribution in [3.05, 3.63) is 454 Å². The monoisotopic (exact) mass is 1600 g/mol. The van der Waals surface area contributed by atoms with Gasteiger partial charge in [-0.2, -0.15) is 5.10 Å². The van der Waals surface area contributed by atoms with Crippen LogP contribution in [0.1, 0.15) is 82.7 Å². The summed E-state index contributed by atoms with van der Waals surface area (Å²) in [5, 5.41) is 8.68. The minimum absolute atomic E-state index is 0.109. The highest BCUT2D eigenvalue weighted by Gasteiger charge is 2.26. The third kappa shape index (κ3) is 21.9. The first-order valence-corrected chi connectivity index (χ1v) is 40.2. The molecule has 0 aliphatic heterocycles. The molecule has 16 aromatic carbocycles. The van der Waals surface area contributed by atoms with E-state index in [4.69, 9.17) is 61.9 Å². The fraction of sp³-hybridized carbons (Fsp3) is 0.113. The predicted octanol–water partition coefficient (Wildman–Crippen LogP) is 23.7. The fourth-order valence-electron chi connectivity index (χ4n) is 13.8. The molecule has 0 radical (unpaired) electrons. The van der Waals surface area contributed by atoms with Gasteiger partial charge in [-0.1, -0.05) is 322 Å². The minimum atomic E-state index is -0.588. The molecular weight excluding hydrogens is 1510 g/mol. The highest BCUT2D eigenvalue weighted by atomic mass is 16.6. The quantitative estimate of drug-likeness (QED) is 0.0221. The Bertz CT molecular complexity index is 5620. The summed E-state index contributed by atoms with van der Waals surface area (Å²) in [6.45, 7) is 1.38. The molecule has 0 atom stereocenters. The topological polar surface area (TPSA) is 152 Å². The van der Waals surface area contributed by atoms with E-state index in [2.05, 4.69) is 23.6 Å². The molecular formula is C106H88N2O13. The third-order valence-electron chi connectivity index (χ3n) is 20.0. The number of hydrazone groups is 1. The first kappa shape index (κ1) is 79.6. The van der Waals surface area contributed by atoms with Gasteiger partial charge in [0.2, 0.25) is 23.0 Å². The lowest BCUT2D eigenvalue weighted by molar-refractivity contribution is 0.0953. The van der Waals surface area contributed by atoms with Crippen molar-refractivity contribution in [3.63, 3.8) is 0 Å². The van der Waals surface area contributed by atoms with Gasteiger partial charge in [0, 0.05) is 11.1 Å². The van der Waals surface area contributed by atoms with Crippen LogP contribution < -0.4 is 62.3 Å². The third-order valence-corrected chi connectivity index (χ3v) is 20.0. The molecule has 15 nitrogen and oxygen atoms in total. The van der Waals surface area contributed by atoms with E-state index in [0.717, 1.165) is 77.2 Å². The second-order valence-electron chi connectivity index (χ2n) is 28.8. The van der Waals surface area contributed by atoms with Crippen LogP contribution in [0.5, 0.6) is 69.0 Å². The first-order chi connectivity index (χ1) is 59.9. The number of ether oxygens (including phenoxy) is 12. The Hall–Kier alpha value is -15.2. The largest absolute Gasteiger partial charge is 0.485 e. The van der Waals surface area contributed by atoms with Crippen molar-refractivity contribution in [1.82, 2.24) is 5.43 Å². The standard InChI is InChI=1S/C106H88N2O13/c109-106(108-107-63-93-91-52-30-28-50-88(91)60-89-51-29-31-53-92(89)93)90-61-100(116-73-85-54-94(110-64-76-32-10-1-11-33-76)102(118-70-82-44-22-7-23-45-82)95(55-85)111-65-77-34-12-2-13-35-77)105(121-75-87-58-98(114-68-80-40-18-5-19-41-80)104(120-72-84-48-26-9-27-49-84)99(59-87)115-69-81-42-20-6-21-43-81)101(62-90)117-74-86-56-96(112-66-78-36-14-3-15-37-78)103(119-71-83-46-24-8-25-47-83)97(57-86)113-67-79-38-16-4-17-39-79/h1-63H,64-75H2,(H,108,109)/b107-63+. The lowest BCUT2D eigenvalue weighted by atomic mass is 9.97. The number of rotatable bonds is 39. The normalized spacial score (nSPS) is 11.0. The number of fused-ring (bicyclic) bond motifs is 2. The van der Waals surface area contributed by atoms with E-state index in [1.165, 1.54) is 0 Å². The molecule has 1 amide bonds. The van der Waals surface area contributed by atoms with E-state index in [1.807, 2.05) is 346 Å². The molecule has 0 spiro atoms. The van der Waals surface area contributed by atoms with Crippen molar-refractivity contribution in [2.24, 2.45) is 5.10 Å². The van der Waals surface area contributed by atoms with E-state index in [0.29, 0.717) is 68.4 Å². The van der Waals surface area contributed by atoms with Gasteiger partial charge in [0.25, 0.3) is 5.91 Å². The van der Waals surface area contributed by atoms with Crippen molar-refractivity contribution in [3.8, 4) is 69.0 Å². The number of hydrogen-bond donors (Lipinski definition) is 1. The molecule has 0 unspecified atom stereocenters. The maximum atomic E-state index is 15.5. The fourth-order valence-corrected chi connectivity index (χ4v) is 13.8. The maximum absolute atomic E-state index is 15.5. The van der Waals surface area contributed by atoms with Crippen LogP contribution in [0.4, 0.5) is 0 Å². The van der Waals surface area contributed by atoms with E-state index >= 15 is 4.79 Å². The molecule has 600 valence electrons. The first-order valence-electron chi connectivity index (χ1n) is 40.2. The molecule has 0 saturated carbocycles. The van der Waals surface area contributed by atoms with Gasteiger partial charge in [-0.15, -0.1) is 0 Å². The van der Waals surface area contributed by atoms with E-state index < -0.39 is 5.91 Å². The molecule has 16 aromatic rings. The van der Waals surface area contributed by atoms with Crippen molar-refractivity contribution in [2.75, 3.05) is 0 Å². The smallest absolute Gasteiger partial charge is 0.271 e. The van der Waals surface area contributed by atoms with Crippen LogP contribution in [-0.4, -0.2) is 12.1 Å². The van der Waals surface area contributed by atoms with Gasteiger partial charge in [0.05, 0.1) is 6.21 Å². The summed E-state index contributed by atoms with van der Waals surface area (Å²) < 4.78 is 83.2. The second kappa shape index (κ2) is 40.6. The summed E-state index contributed by atoms with van der Waals surface area (Å²) in [6.07, 6.45) is 1.69. The SMILES string of the molecule is O=C(N/N=C/c1c2ccccc2cc2ccccc12)c1cc(OCc2cc(OCc3ccccc3)c(OCc3ccccc3)c(OCc3ccccc3)c2)c(OCc2cc(OCc3ccccc3)c(OCc3ccccc3)c(OCc3ccccc3)c2)c(OCc2cc(OCc3ccccc3)c(OCc3ccccc3)c(OCc3ccccc3)c2)c1. The Morgan fingerprint density at radius 3 is 0.645 bits per heavy atom. The second-order valence-corrected chi connectivity index (χ2v) is 28.8. The molecule has 0 aromatic heterocycles. The van der Waals surface area contributed by atoms with Crippen LogP contribution in [0.3, 0.4) is 0 Å². The van der Waals surface area contributed by atoms with Gasteiger partial charge in [0.1, 0.15) is 79.3 Å². The zero-order chi connectivity index (χ0) is 81.8. The minimum Gasteiger partial charge on any atom is -0.485 e. The molecule has 0 bridgehead atoms. The maximum Gasteiger partial charge on any atom is 0.271 e. The van der Waals surface area contributed by atoms with Crippen LogP contribution in [0.15, 0.2) is 381 Å². The van der Waals surface area contributed by atoms with Gasteiger partial charge >= 0.3 is 0 Å². The molecule has 16 rings (SSSR count). The molecule has 121 heavy (non-hydrogen) atoms. The van der Waals surface area contributed by atoms with Crippen LogP contribution >= 0.6 is 0 Å².